The Morgan fingerprint density at radius 3 is 2.88 bits per heavy atom. The molecule has 6 heteroatoms. The Balaban J connectivity index is 1.69. The number of aromatic nitrogens is 4. The van der Waals surface area contributed by atoms with Crippen molar-refractivity contribution in [3.05, 3.63) is 72.7 Å². The molecule has 0 saturated heterocycles. The molecule has 0 aliphatic carbocycles. The molecule has 0 aliphatic rings. The molecule has 5 nitrogen and oxygen atoms in total. The molecule has 24 heavy (non-hydrogen) atoms. The van der Waals surface area contributed by atoms with Crippen LogP contribution < -0.4 is 4.74 Å². The molecule has 0 bridgehead atoms. The summed E-state index contributed by atoms with van der Waals surface area (Å²) in [7, 11) is 0. The van der Waals surface area contributed by atoms with E-state index in [4.69, 9.17) is 4.74 Å². The van der Waals surface area contributed by atoms with E-state index in [-0.39, 0.29) is 5.75 Å². The number of rotatable bonds is 3. The largest absolute Gasteiger partial charge is 0.436 e. The molecular formula is C18H13FN4O. The van der Waals surface area contributed by atoms with Crippen LogP contribution in [0.2, 0.25) is 0 Å². The fourth-order valence-corrected chi connectivity index (χ4v) is 2.51. The van der Waals surface area contributed by atoms with E-state index in [0.717, 1.165) is 16.7 Å². The van der Waals surface area contributed by atoms with Crippen molar-refractivity contribution in [2.24, 2.45) is 0 Å². The highest BCUT2D eigenvalue weighted by atomic mass is 19.1. The van der Waals surface area contributed by atoms with E-state index in [2.05, 4.69) is 15.0 Å². The Kier molecular flexibility index (Phi) is 3.42. The number of hydrogen-bond donors (Lipinski definition) is 0. The van der Waals surface area contributed by atoms with Gasteiger partial charge in [-0.1, -0.05) is 6.07 Å². The van der Waals surface area contributed by atoms with Crippen LogP contribution in [-0.4, -0.2) is 19.5 Å². The van der Waals surface area contributed by atoms with Gasteiger partial charge in [-0.05, 0) is 31.2 Å². The van der Waals surface area contributed by atoms with Crippen LogP contribution in [-0.2, 0) is 0 Å². The van der Waals surface area contributed by atoms with Gasteiger partial charge in [0, 0.05) is 29.7 Å². The molecule has 0 saturated carbocycles. The maximum Gasteiger partial charge on any atom is 0.219 e. The van der Waals surface area contributed by atoms with Crippen molar-refractivity contribution >= 4 is 11.0 Å². The maximum absolute atomic E-state index is 14.4. The van der Waals surface area contributed by atoms with Crippen LogP contribution in [0.1, 0.15) is 5.69 Å². The zero-order valence-electron chi connectivity index (χ0n) is 12.8. The monoisotopic (exact) mass is 320 g/mol. The summed E-state index contributed by atoms with van der Waals surface area (Å²) in [5, 5.41) is 0. The first-order valence-corrected chi connectivity index (χ1v) is 7.39. The summed E-state index contributed by atoms with van der Waals surface area (Å²) in [4.78, 5) is 12.4. The Morgan fingerprint density at radius 1 is 1.12 bits per heavy atom. The van der Waals surface area contributed by atoms with Crippen LogP contribution in [0.5, 0.6) is 11.6 Å². The van der Waals surface area contributed by atoms with E-state index in [1.54, 1.807) is 24.4 Å². The van der Waals surface area contributed by atoms with Crippen molar-refractivity contribution in [1.82, 2.24) is 19.5 Å². The summed E-state index contributed by atoms with van der Waals surface area (Å²) in [6.45, 7) is 1.85. The molecule has 4 aromatic rings. The van der Waals surface area contributed by atoms with Gasteiger partial charge in [0.1, 0.15) is 6.33 Å². The normalized spacial score (nSPS) is 10.9. The molecule has 0 N–H and O–H groups in total. The molecule has 3 heterocycles. The standard InChI is InChI=1S/C18H13FN4O/c1-12-3-2-4-18(22-12)24-17-6-5-13(9-14(17)19)23-8-7-15-16(23)10-20-11-21-15/h2-11H,1H3. The van der Waals surface area contributed by atoms with Crippen LogP contribution in [0.25, 0.3) is 16.7 Å². The molecule has 0 radical (unpaired) electrons. The van der Waals surface area contributed by atoms with E-state index in [1.165, 1.54) is 12.4 Å². The lowest BCUT2D eigenvalue weighted by molar-refractivity contribution is 0.426. The van der Waals surface area contributed by atoms with Crippen molar-refractivity contribution in [2.45, 2.75) is 6.92 Å². The zero-order valence-corrected chi connectivity index (χ0v) is 12.8. The fraction of sp³-hybridized carbons (Fsp3) is 0.0556. The van der Waals surface area contributed by atoms with Crippen LogP contribution in [0.15, 0.2) is 61.2 Å². The van der Waals surface area contributed by atoms with Gasteiger partial charge in [0.15, 0.2) is 11.6 Å². The van der Waals surface area contributed by atoms with Crippen molar-refractivity contribution in [3.63, 3.8) is 0 Å². The summed E-state index contributed by atoms with van der Waals surface area (Å²) in [5.74, 6) is 0.0283. The Morgan fingerprint density at radius 2 is 2.04 bits per heavy atom. The summed E-state index contributed by atoms with van der Waals surface area (Å²) >= 11 is 0. The highest BCUT2D eigenvalue weighted by Gasteiger charge is 2.10. The number of halogens is 1. The van der Waals surface area contributed by atoms with Crippen molar-refractivity contribution < 1.29 is 9.13 Å². The number of aryl methyl sites for hydroxylation is 1. The third-order valence-corrected chi connectivity index (χ3v) is 3.63. The molecular weight excluding hydrogens is 307 g/mol. The van der Waals surface area contributed by atoms with Crippen LogP contribution in [0.4, 0.5) is 4.39 Å². The molecule has 0 unspecified atom stereocenters. The number of benzene rings is 1. The van der Waals surface area contributed by atoms with E-state index >= 15 is 0 Å². The molecule has 0 atom stereocenters. The van der Waals surface area contributed by atoms with Crippen molar-refractivity contribution in [2.75, 3.05) is 0 Å². The lowest BCUT2D eigenvalue weighted by Gasteiger charge is -2.09. The van der Waals surface area contributed by atoms with Gasteiger partial charge in [-0.2, -0.15) is 0 Å². The first kappa shape index (κ1) is 14.3. The second kappa shape index (κ2) is 5.73. The van der Waals surface area contributed by atoms with Gasteiger partial charge in [0.05, 0.1) is 17.2 Å². The van der Waals surface area contributed by atoms with Crippen LogP contribution in [0.3, 0.4) is 0 Å². The molecule has 3 aromatic heterocycles. The summed E-state index contributed by atoms with van der Waals surface area (Å²) in [6.07, 6.45) is 5.01. The maximum atomic E-state index is 14.4. The van der Waals surface area contributed by atoms with Crippen molar-refractivity contribution in [1.29, 1.82) is 0 Å². The number of pyridine rings is 1. The lowest BCUT2D eigenvalue weighted by atomic mass is 10.3. The zero-order chi connectivity index (χ0) is 16.5. The van der Waals surface area contributed by atoms with Gasteiger partial charge < -0.3 is 9.30 Å². The first-order chi connectivity index (χ1) is 11.7. The summed E-state index contributed by atoms with van der Waals surface area (Å²) in [6, 6.07) is 12.0. The molecule has 4 rings (SSSR count). The SMILES string of the molecule is Cc1cccc(Oc2ccc(-n3ccc4ncncc43)cc2F)n1. The third-order valence-electron chi connectivity index (χ3n) is 3.63. The predicted octanol–water partition coefficient (Wildman–Crippen LogP) is 4.06. The van der Waals surface area contributed by atoms with Gasteiger partial charge in [-0.25, -0.2) is 19.3 Å². The molecule has 0 fully saturated rings. The van der Waals surface area contributed by atoms with Gasteiger partial charge in [-0.3, -0.25) is 0 Å². The minimum atomic E-state index is -0.463. The number of ether oxygens (including phenoxy) is 1. The molecule has 118 valence electrons. The number of nitrogens with zero attached hydrogens (tertiary/aromatic N) is 4. The topological polar surface area (TPSA) is 52.8 Å². The smallest absolute Gasteiger partial charge is 0.219 e. The Labute approximate surface area is 137 Å². The highest BCUT2D eigenvalue weighted by molar-refractivity contribution is 5.76. The predicted molar refractivity (Wildman–Crippen MR) is 87.9 cm³/mol. The quantitative estimate of drug-likeness (QED) is 0.571. The average molecular weight is 320 g/mol. The number of hydrogen-bond acceptors (Lipinski definition) is 4. The van der Waals surface area contributed by atoms with Crippen LogP contribution >= 0.6 is 0 Å². The Hall–Kier alpha value is -3.28. The van der Waals surface area contributed by atoms with Gasteiger partial charge in [0.25, 0.3) is 0 Å². The summed E-state index contributed by atoms with van der Waals surface area (Å²) < 4.78 is 21.8. The minimum Gasteiger partial charge on any atom is -0.436 e. The van der Waals surface area contributed by atoms with E-state index in [9.17, 15) is 4.39 Å². The van der Waals surface area contributed by atoms with Gasteiger partial charge >= 0.3 is 0 Å². The fourth-order valence-electron chi connectivity index (χ4n) is 2.51. The minimum absolute atomic E-state index is 0.129. The van der Waals surface area contributed by atoms with Crippen LogP contribution in [0, 0.1) is 12.7 Å². The number of fused-ring (bicyclic) bond motifs is 1. The van der Waals surface area contributed by atoms with Gasteiger partial charge in [0.2, 0.25) is 5.88 Å². The first-order valence-electron chi connectivity index (χ1n) is 7.39. The van der Waals surface area contributed by atoms with E-state index in [1.807, 2.05) is 35.9 Å². The lowest BCUT2D eigenvalue weighted by Crippen LogP contribution is -1.96. The molecule has 0 amide bonds. The second-order valence-electron chi connectivity index (χ2n) is 5.31. The summed E-state index contributed by atoms with van der Waals surface area (Å²) in [5.41, 5.74) is 3.09. The van der Waals surface area contributed by atoms with Crippen molar-refractivity contribution in [3.8, 4) is 17.3 Å². The Bertz CT molecular complexity index is 1030. The van der Waals surface area contributed by atoms with Gasteiger partial charge in [-0.15, -0.1) is 0 Å². The van der Waals surface area contributed by atoms with E-state index in [0.29, 0.717) is 11.6 Å². The van der Waals surface area contributed by atoms with E-state index < -0.39 is 5.82 Å². The molecule has 1 aromatic carbocycles. The third kappa shape index (κ3) is 2.58. The molecule has 0 aliphatic heterocycles. The molecule has 0 spiro atoms. The average Bonchev–Trinajstić information content (AvgIpc) is 3.01. The highest BCUT2D eigenvalue weighted by Crippen LogP contribution is 2.26. The second-order valence-corrected chi connectivity index (χ2v) is 5.31.